The van der Waals surface area contributed by atoms with Crippen LogP contribution in [0.1, 0.15) is 11.1 Å². The highest BCUT2D eigenvalue weighted by Crippen LogP contribution is 2.31. The number of ether oxygens (including phenoxy) is 3. The largest absolute Gasteiger partial charge is 0.486 e. The molecule has 2 aromatic rings. The minimum Gasteiger partial charge on any atom is -0.486 e. The van der Waals surface area contributed by atoms with Gasteiger partial charge in [0, 0.05) is 11.4 Å². The molecule has 0 fully saturated rings. The molecule has 2 heterocycles. The van der Waals surface area contributed by atoms with E-state index >= 15 is 0 Å². The number of benzene rings is 2. The molecule has 5 nitrogen and oxygen atoms in total. The van der Waals surface area contributed by atoms with Crippen molar-refractivity contribution in [2.75, 3.05) is 13.2 Å². The summed E-state index contributed by atoms with van der Waals surface area (Å²) in [4.78, 5) is 16.3. The average Bonchev–Trinajstić information content (AvgIpc) is 2.96. The second-order valence-corrected chi connectivity index (χ2v) is 6.07. The molecule has 0 amide bonds. The highest BCUT2D eigenvalue weighted by Gasteiger charge is 2.23. The van der Waals surface area contributed by atoms with Gasteiger partial charge in [0.15, 0.2) is 17.2 Å². The van der Waals surface area contributed by atoms with Crippen LogP contribution in [0.5, 0.6) is 11.5 Å². The molecule has 6 heteroatoms. The van der Waals surface area contributed by atoms with Crippen molar-refractivity contribution in [3.05, 3.63) is 64.3 Å². The molecule has 2 aromatic carbocycles. The Labute approximate surface area is 149 Å². The van der Waals surface area contributed by atoms with Crippen LogP contribution in [0.3, 0.4) is 0 Å². The van der Waals surface area contributed by atoms with Crippen molar-refractivity contribution >= 4 is 29.5 Å². The average molecular weight is 356 g/mol. The third kappa shape index (κ3) is 3.51. The van der Waals surface area contributed by atoms with Crippen molar-refractivity contribution in [3.63, 3.8) is 0 Å². The van der Waals surface area contributed by atoms with Gasteiger partial charge in [0.05, 0.1) is 0 Å². The fraction of sp³-hybridized carbons (Fsp3) is 0.158. The van der Waals surface area contributed by atoms with E-state index in [1.165, 1.54) is 0 Å². The Kier molecular flexibility index (Phi) is 4.15. The summed E-state index contributed by atoms with van der Waals surface area (Å²) in [5.41, 5.74) is 2.03. The van der Waals surface area contributed by atoms with E-state index in [1.54, 1.807) is 18.2 Å². The normalized spacial score (nSPS) is 17.4. The van der Waals surface area contributed by atoms with Crippen LogP contribution in [0, 0.1) is 0 Å². The number of rotatable bonds is 3. The molecular weight excluding hydrogens is 342 g/mol. The number of carbonyl (C=O) groups is 1. The van der Waals surface area contributed by atoms with E-state index < -0.39 is 5.97 Å². The monoisotopic (exact) mass is 355 g/mol. The van der Waals surface area contributed by atoms with Gasteiger partial charge >= 0.3 is 5.97 Å². The lowest BCUT2D eigenvalue weighted by Crippen LogP contribution is -2.15. The Morgan fingerprint density at radius 2 is 1.80 bits per heavy atom. The molecule has 0 atom stereocenters. The molecule has 0 aliphatic carbocycles. The Morgan fingerprint density at radius 1 is 1.04 bits per heavy atom. The smallest absolute Gasteiger partial charge is 0.363 e. The summed E-state index contributed by atoms with van der Waals surface area (Å²) in [7, 11) is 0. The standard InChI is InChI=1S/C19H14ClNO4/c20-14-4-1-12(2-5-14)11-18-21-15(19(22)25-18)9-13-3-6-16-17(10-13)24-8-7-23-16/h1-6,9-10H,7-8,11H2/b15-9+. The lowest BCUT2D eigenvalue weighted by atomic mass is 10.1. The third-order valence-electron chi connectivity index (χ3n) is 3.80. The minimum absolute atomic E-state index is 0.264. The fourth-order valence-electron chi connectivity index (χ4n) is 2.61. The molecule has 0 spiro atoms. The molecule has 0 saturated heterocycles. The van der Waals surface area contributed by atoms with Crippen molar-refractivity contribution < 1.29 is 19.0 Å². The maximum Gasteiger partial charge on any atom is 0.363 e. The van der Waals surface area contributed by atoms with Crippen molar-refractivity contribution in [2.24, 2.45) is 4.99 Å². The van der Waals surface area contributed by atoms with Crippen LogP contribution in [0.15, 0.2) is 53.2 Å². The molecule has 0 N–H and O–H groups in total. The Balaban J connectivity index is 1.55. The number of hydrogen-bond donors (Lipinski definition) is 0. The zero-order valence-electron chi connectivity index (χ0n) is 13.2. The summed E-state index contributed by atoms with van der Waals surface area (Å²) in [5, 5.41) is 0.660. The second-order valence-electron chi connectivity index (χ2n) is 5.63. The Morgan fingerprint density at radius 3 is 2.60 bits per heavy atom. The summed E-state index contributed by atoms with van der Waals surface area (Å²) >= 11 is 5.87. The molecule has 2 aliphatic heterocycles. The SMILES string of the molecule is O=C1OC(Cc2ccc(Cl)cc2)=N/C1=C/c1ccc2c(c1)OCCO2. The van der Waals surface area contributed by atoms with Crippen LogP contribution in [0.2, 0.25) is 5.02 Å². The van der Waals surface area contributed by atoms with E-state index in [2.05, 4.69) is 4.99 Å². The summed E-state index contributed by atoms with van der Waals surface area (Å²) in [6.45, 7) is 1.05. The first kappa shape index (κ1) is 15.7. The van der Waals surface area contributed by atoms with Gasteiger partial charge in [-0.1, -0.05) is 29.8 Å². The Hall–Kier alpha value is -2.79. The first-order chi connectivity index (χ1) is 12.2. The van der Waals surface area contributed by atoms with Gasteiger partial charge in [0.2, 0.25) is 5.90 Å². The van der Waals surface area contributed by atoms with Crippen molar-refractivity contribution in [1.29, 1.82) is 0 Å². The quantitative estimate of drug-likeness (QED) is 0.623. The number of fused-ring (bicyclic) bond motifs is 1. The lowest BCUT2D eigenvalue weighted by molar-refractivity contribution is -0.130. The van der Waals surface area contributed by atoms with Crippen LogP contribution in [0.4, 0.5) is 0 Å². The van der Waals surface area contributed by atoms with E-state index in [1.807, 2.05) is 30.3 Å². The van der Waals surface area contributed by atoms with E-state index in [0.717, 1.165) is 11.1 Å². The van der Waals surface area contributed by atoms with Gasteiger partial charge in [-0.15, -0.1) is 0 Å². The van der Waals surface area contributed by atoms with Crippen LogP contribution >= 0.6 is 11.6 Å². The summed E-state index contributed by atoms with van der Waals surface area (Å²) in [6.07, 6.45) is 2.11. The second kappa shape index (κ2) is 6.61. The molecule has 0 bridgehead atoms. The van der Waals surface area contributed by atoms with E-state index in [9.17, 15) is 4.79 Å². The number of nitrogens with zero attached hydrogens (tertiary/aromatic N) is 1. The zero-order chi connectivity index (χ0) is 17.2. The summed E-state index contributed by atoms with van der Waals surface area (Å²) in [6, 6.07) is 12.8. The van der Waals surface area contributed by atoms with Crippen LogP contribution < -0.4 is 9.47 Å². The highest BCUT2D eigenvalue weighted by molar-refractivity contribution is 6.30. The lowest BCUT2D eigenvalue weighted by Gasteiger charge is -2.18. The van der Waals surface area contributed by atoms with Gasteiger partial charge in [-0.05, 0) is 41.5 Å². The zero-order valence-corrected chi connectivity index (χ0v) is 14.0. The van der Waals surface area contributed by atoms with Crippen LogP contribution in [-0.4, -0.2) is 25.1 Å². The molecule has 0 unspecified atom stereocenters. The maximum atomic E-state index is 12.0. The Bertz CT molecular complexity index is 887. The van der Waals surface area contributed by atoms with Gasteiger partial charge in [-0.3, -0.25) is 0 Å². The van der Waals surface area contributed by atoms with Crippen LogP contribution in [0.25, 0.3) is 6.08 Å². The van der Waals surface area contributed by atoms with E-state index in [4.69, 9.17) is 25.8 Å². The predicted molar refractivity (Wildman–Crippen MR) is 94.1 cm³/mol. The summed E-state index contributed by atoms with van der Waals surface area (Å²) in [5.74, 6) is 1.28. The van der Waals surface area contributed by atoms with E-state index in [0.29, 0.717) is 42.1 Å². The number of aliphatic imine (C=N–C) groups is 1. The maximum absolute atomic E-state index is 12.0. The molecular formula is C19H14ClNO4. The number of cyclic esters (lactones) is 1. The number of carbonyl (C=O) groups excluding carboxylic acids is 1. The molecule has 0 aromatic heterocycles. The molecule has 126 valence electrons. The van der Waals surface area contributed by atoms with E-state index in [-0.39, 0.29) is 5.70 Å². The minimum atomic E-state index is -0.459. The van der Waals surface area contributed by atoms with Gasteiger partial charge < -0.3 is 14.2 Å². The molecule has 0 saturated carbocycles. The van der Waals surface area contributed by atoms with Crippen molar-refractivity contribution in [1.82, 2.24) is 0 Å². The molecule has 2 aliphatic rings. The first-order valence-electron chi connectivity index (χ1n) is 7.83. The first-order valence-corrected chi connectivity index (χ1v) is 8.21. The molecule has 0 radical (unpaired) electrons. The fourth-order valence-corrected chi connectivity index (χ4v) is 2.74. The number of hydrogen-bond acceptors (Lipinski definition) is 5. The number of esters is 1. The van der Waals surface area contributed by atoms with Gasteiger partial charge in [0.25, 0.3) is 0 Å². The third-order valence-corrected chi connectivity index (χ3v) is 4.06. The van der Waals surface area contributed by atoms with Crippen molar-refractivity contribution in [2.45, 2.75) is 6.42 Å². The predicted octanol–water partition coefficient (Wildman–Crippen LogP) is 3.65. The van der Waals surface area contributed by atoms with Gasteiger partial charge in [-0.25, -0.2) is 9.79 Å². The highest BCUT2D eigenvalue weighted by atomic mass is 35.5. The molecule has 4 rings (SSSR count). The van der Waals surface area contributed by atoms with Gasteiger partial charge in [0.1, 0.15) is 13.2 Å². The van der Waals surface area contributed by atoms with Crippen LogP contribution in [-0.2, 0) is 16.0 Å². The summed E-state index contributed by atoms with van der Waals surface area (Å²) < 4.78 is 16.3. The topological polar surface area (TPSA) is 57.1 Å². The van der Waals surface area contributed by atoms with Crippen molar-refractivity contribution in [3.8, 4) is 11.5 Å². The number of halogens is 1. The van der Waals surface area contributed by atoms with Gasteiger partial charge in [-0.2, -0.15) is 0 Å². The molecule has 25 heavy (non-hydrogen) atoms.